The summed E-state index contributed by atoms with van der Waals surface area (Å²) in [6.45, 7) is 11.9. The Morgan fingerprint density at radius 2 is 1.94 bits per heavy atom. The largest absolute Gasteiger partial charge is 0.311 e. The third kappa shape index (κ3) is 2.85. The van der Waals surface area contributed by atoms with Gasteiger partial charge >= 0.3 is 0 Å². The Bertz CT molecular complexity index is 235. The zero-order valence-corrected chi connectivity index (χ0v) is 12.1. The highest BCUT2D eigenvalue weighted by Crippen LogP contribution is 2.31. The maximum absolute atomic E-state index is 3.79. The van der Waals surface area contributed by atoms with E-state index in [9.17, 15) is 0 Å². The molecule has 1 saturated carbocycles. The molecule has 2 aliphatic rings. The first-order valence-electron chi connectivity index (χ1n) is 7.62. The summed E-state index contributed by atoms with van der Waals surface area (Å²) < 4.78 is 0. The molecular weight excluding hydrogens is 208 g/mol. The first-order chi connectivity index (χ1) is 8.13. The minimum Gasteiger partial charge on any atom is -0.311 e. The number of rotatable bonds is 4. The molecule has 2 fully saturated rings. The van der Waals surface area contributed by atoms with Gasteiger partial charge in [0.05, 0.1) is 0 Å². The van der Waals surface area contributed by atoms with Crippen molar-refractivity contribution in [3.05, 3.63) is 0 Å². The van der Waals surface area contributed by atoms with Gasteiger partial charge in [-0.3, -0.25) is 4.90 Å². The molecule has 0 amide bonds. The summed E-state index contributed by atoms with van der Waals surface area (Å²) in [4.78, 5) is 2.83. The molecular formula is C15H30N2. The molecule has 1 saturated heterocycles. The second-order valence-electron chi connectivity index (χ2n) is 6.49. The van der Waals surface area contributed by atoms with Gasteiger partial charge in [0.1, 0.15) is 0 Å². The van der Waals surface area contributed by atoms with Gasteiger partial charge in [-0.2, -0.15) is 0 Å². The van der Waals surface area contributed by atoms with E-state index in [-0.39, 0.29) is 0 Å². The van der Waals surface area contributed by atoms with Gasteiger partial charge in [0, 0.05) is 31.2 Å². The van der Waals surface area contributed by atoms with Crippen molar-refractivity contribution in [2.24, 2.45) is 11.8 Å². The third-order valence-electron chi connectivity index (χ3n) is 5.07. The van der Waals surface area contributed by atoms with Crippen molar-refractivity contribution in [3.63, 3.8) is 0 Å². The topological polar surface area (TPSA) is 15.3 Å². The number of piperazine rings is 1. The van der Waals surface area contributed by atoms with Crippen molar-refractivity contribution in [2.75, 3.05) is 13.1 Å². The van der Waals surface area contributed by atoms with Crippen LogP contribution in [0.1, 0.15) is 53.4 Å². The third-order valence-corrected chi connectivity index (χ3v) is 5.07. The molecule has 0 radical (unpaired) electrons. The Morgan fingerprint density at radius 1 is 1.24 bits per heavy atom. The van der Waals surface area contributed by atoms with Crippen LogP contribution in [0.2, 0.25) is 0 Å². The lowest BCUT2D eigenvalue weighted by molar-refractivity contribution is 0.0127. The fraction of sp³-hybridized carbons (Fsp3) is 1.00. The lowest BCUT2D eigenvalue weighted by atomic mass is 9.85. The fourth-order valence-corrected chi connectivity index (χ4v) is 3.24. The van der Waals surface area contributed by atoms with Crippen molar-refractivity contribution >= 4 is 0 Å². The van der Waals surface area contributed by atoms with E-state index in [2.05, 4.69) is 37.9 Å². The molecule has 0 spiro atoms. The summed E-state index contributed by atoms with van der Waals surface area (Å²) in [5.41, 5.74) is 0. The van der Waals surface area contributed by atoms with E-state index in [4.69, 9.17) is 0 Å². The molecule has 3 unspecified atom stereocenters. The van der Waals surface area contributed by atoms with Gasteiger partial charge in [0.15, 0.2) is 0 Å². The predicted octanol–water partition coefficient (Wildman–Crippen LogP) is 2.88. The number of nitrogens with one attached hydrogen (secondary N) is 1. The van der Waals surface area contributed by atoms with Crippen LogP contribution >= 0.6 is 0 Å². The lowest BCUT2D eigenvalue weighted by Crippen LogP contribution is -2.63. The van der Waals surface area contributed by atoms with Crippen molar-refractivity contribution in [1.82, 2.24) is 10.2 Å². The van der Waals surface area contributed by atoms with E-state index >= 15 is 0 Å². The molecule has 0 aromatic heterocycles. The Balaban J connectivity index is 1.99. The van der Waals surface area contributed by atoms with Crippen LogP contribution in [-0.2, 0) is 0 Å². The van der Waals surface area contributed by atoms with Gasteiger partial charge in [-0.05, 0) is 24.7 Å². The Hall–Kier alpha value is -0.0800. The molecule has 3 atom stereocenters. The summed E-state index contributed by atoms with van der Waals surface area (Å²) in [5.74, 6) is 1.59. The van der Waals surface area contributed by atoms with Crippen LogP contribution < -0.4 is 5.32 Å². The minimum atomic E-state index is 0.718. The van der Waals surface area contributed by atoms with Crippen LogP contribution in [0, 0.1) is 11.8 Å². The number of hydrogen-bond donors (Lipinski definition) is 1. The summed E-state index contributed by atoms with van der Waals surface area (Å²) in [6, 6.07) is 2.38. The minimum absolute atomic E-state index is 0.718. The van der Waals surface area contributed by atoms with Gasteiger partial charge in [0.2, 0.25) is 0 Å². The molecule has 1 N–H and O–H groups in total. The highest BCUT2D eigenvalue weighted by molar-refractivity contribution is 4.94. The molecule has 1 heterocycles. The average molecular weight is 238 g/mol. The molecule has 2 rings (SSSR count). The molecule has 17 heavy (non-hydrogen) atoms. The molecule has 2 nitrogen and oxygen atoms in total. The van der Waals surface area contributed by atoms with E-state index in [0.29, 0.717) is 0 Å². The smallest absolute Gasteiger partial charge is 0.0247 e. The zero-order chi connectivity index (χ0) is 12.4. The van der Waals surface area contributed by atoms with Crippen molar-refractivity contribution in [1.29, 1.82) is 0 Å². The molecule has 0 aromatic rings. The van der Waals surface area contributed by atoms with Crippen LogP contribution in [0.3, 0.4) is 0 Å². The average Bonchev–Trinajstić information content (AvgIpc) is 2.25. The molecule has 0 bridgehead atoms. The highest BCUT2D eigenvalue weighted by Gasteiger charge is 2.37. The standard InChI is InChI=1S/C15H30N2/c1-5-12(4)14-10-17(13-7-6-8-13)15(9-16-14)11(2)3/h11-16H,5-10H2,1-4H3. The molecule has 100 valence electrons. The van der Waals surface area contributed by atoms with Crippen molar-refractivity contribution < 1.29 is 0 Å². The summed E-state index contributed by atoms with van der Waals surface area (Å²) in [5, 5.41) is 3.79. The van der Waals surface area contributed by atoms with E-state index < -0.39 is 0 Å². The molecule has 0 aromatic carbocycles. The van der Waals surface area contributed by atoms with E-state index in [1.807, 2.05) is 0 Å². The maximum atomic E-state index is 3.79. The van der Waals surface area contributed by atoms with E-state index in [1.165, 1.54) is 38.8 Å². The normalized spacial score (nSPS) is 33.7. The summed E-state index contributed by atoms with van der Waals surface area (Å²) in [6.07, 6.45) is 5.63. The lowest BCUT2D eigenvalue weighted by Gasteiger charge is -2.50. The van der Waals surface area contributed by atoms with Crippen molar-refractivity contribution in [2.45, 2.75) is 71.5 Å². The van der Waals surface area contributed by atoms with Gasteiger partial charge in [-0.1, -0.05) is 40.5 Å². The van der Waals surface area contributed by atoms with Gasteiger partial charge < -0.3 is 5.32 Å². The molecule has 1 aliphatic carbocycles. The van der Waals surface area contributed by atoms with Crippen molar-refractivity contribution in [3.8, 4) is 0 Å². The quantitative estimate of drug-likeness (QED) is 0.810. The Morgan fingerprint density at radius 3 is 2.41 bits per heavy atom. The Labute approximate surface area is 107 Å². The first kappa shape index (κ1) is 13.4. The van der Waals surface area contributed by atoms with Crippen LogP contribution in [0.15, 0.2) is 0 Å². The van der Waals surface area contributed by atoms with Crippen LogP contribution in [-0.4, -0.2) is 36.1 Å². The second-order valence-corrected chi connectivity index (χ2v) is 6.49. The SMILES string of the molecule is CCC(C)C1CN(C2CCC2)C(C(C)C)CN1. The first-order valence-corrected chi connectivity index (χ1v) is 7.62. The zero-order valence-electron chi connectivity index (χ0n) is 12.1. The van der Waals surface area contributed by atoms with Gasteiger partial charge in [-0.15, -0.1) is 0 Å². The highest BCUT2D eigenvalue weighted by atomic mass is 15.3. The maximum Gasteiger partial charge on any atom is 0.0247 e. The van der Waals surface area contributed by atoms with Crippen LogP contribution in [0.5, 0.6) is 0 Å². The molecule has 2 heteroatoms. The number of hydrogen-bond acceptors (Lipinski definition) is 2. The fourth-order valence-electron chi connectivity index (χ4n) is 3.24. The van der Waals surface area contributed by atoms with Crippen LogP contribution in [0.25, 0.3) is 0 Å². The predicted molar refractivity (Wildman–Crippen MR) is 74.2 cm³/mol. The Kier molecular flexibility index (Phi) is 4.48. The van der Waals surface area contributed by atoms with E-state index in [0.717, 1.165) is 30.0 Å². The van der Waals surface area contributed by atoms with Gasteiger partial charge in [-0.25, -0.2) is 0 Å². The summed E-state index contributed by atoms with van der Waals surface area (Å²) >= 11 is 0. The monoisotopic (exact) mass is 238 g/mol. The molecule has 1 aliphatic heterocycles. The van der Waals surface area contributed by atoms with Crippen LogP contribution in [0.4, 0.5) is 0 Å². The summed E-state index contributed by atoms with van der Waals surface area (Å²) in [7, 11) is 0. The van der Waals surface area contributed by atoms with E-state index in [1.54, 1.807) is 0 Å². The number of nitrogens with zero attached hydrogens (tertiary/aromatic N) is 1. The van der Waals surface area contributed by atoms with Gasteiger partial charge in [0.25, 0.3) is 0 Å². The second kappa shape index (κ2) is 5.71.